The Kier molecular flexibility index (Phi) is 6.99. The second-order valence-electron chi connectivity index (χ2n) is 15.5. The smallest absolute Gasteiger partial charge is 0.454 e. The zero-order chi connectivity index (χ0) is 38.5. The van der Waals surface area contributed by atoms with Crippen molar-refractivity contribution in [3.05, 3.63) is 217 Å². The van der Waals surface area contributed by atoms with Crippen molar-refractivity contribution < 1.29 is 39.9 Å². The summed E-state index contributed by atoms with van der Waals surface area (Å²) in [5, 5.41) is 8.88. The van der Waals surface area contributed by atoms with E-state index in [1.54, 1.807) is 0 Å². The monoisotopic (exact) mass is 914 g/mol. The van der Waals surface area contributed by atoms with Gasteiger partial charge in [0, 0.05) is 44.7 Å². The van der Waals surface area contributed by atoms with E-state index in [0.717, 1.165) is 66.1 Å². The number of rotatable bonds is 0. The fourth-order valence-corrected chi connectivity index (χ4v) is 9.79. The van der Waals surface area contributed by atoms with E-state index in [0.29, 0.717) is 45.3 Å². The van der Waals surface area contributed by atoms with Gasteiger partial charge in [0.05, 0.1) is 17.5 Å². The van der Waals surface area contributed by atoms with E-state index < -0.39 is 23.4 Å². The van der Waals surface area contributed by atoms with Crippen molar-refractivity contribution in [3.8, 4) is 0 Å². The molecule has 1 radical (unpaired) electrons. The fourth-order valence-electron chi connectivity index (χ4n) is 9.79. The number of hydrogen-bond acceptors (Lipinski definition) is 8. The van der Waals surface area contributed by atoms with Crippen LogP contribution in [0.25, 0.3) is 26.9 Å². The van der Waals surface area contributed by atoms with Crippen LogP contribution in [0.3, 0.4) is 0 Å². The van der Waals surface area contributed by atoms with Crippen LogP contribution in [0.4, 0.5) is 0 Å². The van der Waals surface area contributed by atoms with E-state index in [1.807, 2.05) is 109 Å². The number of nitrogens with zero attached hydrogens (tertiary/aromatic N) is 11. The Balaban J connectivity index is 0.00000370. The molecule has 12 bridgehead atoms. The van der Waals surface area contributed by atoms with Crippen LogP contribution < -0.4 is 31.9 Å². The first-order valence-electron chi connectivity index (χ1n) is 19.6. The predicted octanol–water partition coefficient (Wildman–Crippen LogP) is 5.72. The summed E-state index contributed by atoms with van der Waals surface area (Å²) in [5.74, 6) is 2.09. The molecule has 8 aromatic rings. The van der Waals surface area contributed by atoms with Gasteiger partial charge in [-0.2, -0.15) is 0 Å². The summed E-state index contributed by atoms with van der Waals surface area (Å²) >= 11 is 0. The average Bonchev–Trinajstić information content (AvgIpc) is 4.12. The first kappa shape index (κ1) is 34.3. The summed E-state index contributed by atoms with van der Waals surface area (Å²) < 4.78 is 0. The second-order valence-corrected chi connectivity index (χ2v) is 15.5. The Morgan fingerprint density at radius 3 is 1.50 bits per heavy atom. The second kappa shape index (κ2) is 12.2. The van der Waals surface area contributed by atoms with Gasteiger partial charge in [-0.25, -0.2) is 0 Å². The van der Waals surface area contributed by atoms with E-state index in [2.05, 4.69) is 36.4 Å². The SMILES string of the molecule is [Gd+3].c1ccc2c(c1)C1=NC2C23N=C(N=c4[n-]/c(c5ccccc45)=N\C4(N=C(N=c5[n-]/c(c6ccccc56)=N\2)c2ccccc24)C2[N-]C(=N1)c1ccccc12)c1ccccc13. The van der Waals surface area contributed by atoms with Gasteiger partial charge in [-0.05, 0) is 49.4 Å². The van der Waals surface area contributed by atoms with Crippen molar-refractivity contribution in [2.45, 2.75) is 23.4 Å². The molecule has 0 N–H and O–H groups in total. The van der Waals surface area contributed by atoms with Crippen molar-refractivity contribution in [1.82, 2.24) is 9.97 Å². The molecule has 2 spiro atoms. The molecule has 0 aliphatic carbocycles. The summed E-state index contributed by atoms with van der Waals surface area (Å²) in [6, 6.07) is 47.6. The number of aliphatic imine (C=N–C) groups is 4. The number of benzene rings is 6. The quantitative estimate of drug-likeness (QED) is 0.192. The molecule has 7 aliphatic rings. The van der Waals surface area contributed by atoms with Gasteiger partial charge in [0.25, 0.3) is 0 Å². The molecule has 2 aromatic heterocycles. The Morgan fingerprint density at radius 1 is 0.400 bits per heavy atom. The number of amidine groups is 4. The third-order valence-electron chi connectivity index (χ3n) is 12.4. The number of aromatic nitrogens is 2. The van der Waals surface area contributed by atoms with Crippen molar-refractivity contribution in [1.29, 1.82) is 0 Å². The normalized spacial score (nSPS) is 24.2. The van der Waals surface area contributed by atoms with Crippen LogP contribution in [0.15, 0.2) is 186 Å². The van der Waals surface area contributed by atoms with Crippen LogP contribution in [0.1, 0.15) is 56.6 Å². The number of hydrogen-bond donors (Lipinski definition) is 0. The van der Waals surface area contributed by atoms with Crippen molar-refractivity contribution in [2.24, 2.45) is 39.9 Å². The van der Waals surface area contributed by atoms with Gasteiger partial charge < -0.3 is 40.2 Å². The first-order chi connectivity index (χ1) is 29.1. The average molecular weight is 914 g/mol. The fraction of sp³-hybridized carbons (Fsp3) is 0.0833. The van der Waals surface area contributed by atoms with Crippen molar-refractivity contribution >= 4 is 44.9 Å². The molecule has 4 unspecified atom stereocenters. The maximum atomic E-state index is 5.68. The van der Waals surface area contributed by atoms with Gasteiger partial charge in [0.15, 0.2) is 0 Å². The maximum absolute atomic E-state index is 5.68. The molecule has 60 heavy (non-hydrogen) atoms. The van der Waals surface area contributed by atoms with E-state index in [-0.39, 0.29) is 39.9 Å². The van der Waals surface area contributed by atoms with Gasteiger partial charge in [0.2, 0.25) is 0 Å². The molecule has 0 saturated carbocycles. The molecule has 281 valence electrons. The van der Waals surface area contributed by atoms with E-state index in [1.165, 1.54) is 0 Å². The van der Waals surface area contributed by atoms with Gasteiger partial charge in [-0.3, -0.25) is 15.0 Å². The molecule has 7 aliphatic heterocycles. The molecular formula is C48H26GdN11. The molecule has 0 amide bonds. The topological polar surface area (TPSA) is 141 Å². The van der Waals surface area contributed by atoms with Crippen LogP contribution in [0.2, 0.25) is 0 Å². The molecule has 9 heterocycles. The minimum atomic E-state index is -1.35. The third-order valence-corrected chi connectivity index (χ3v) is 12.4. The summed E-state index contributed by atoms with van der Waals surface area (Å²) in [5.41, 5.74) is 6.32. The zero-order valence-electron chi connectivity index (χ0n) is 31.3. The van der Waals surface area contributed by atoms with Crippen molar-refractivity contribution in [2.75, 3.05) is 0 Å². The first-order valence-corrected chi connectivity index (χ1v) is 19.6. The zero-order valence-corrected chi connectivity index (χ0v) is 33.6. The molecular weight excluding hydrogens is 888 g/mol. The minimum Gasteiger partial charge on any atom is -0.454 e. The Bertz CT molecular complexity index is 3650. The van der Waals surface area contributed by atoms with E-state index in [4.69, 9.17) is 55.2 Å². The van der Waals surface area contributed by atoms with Crippen LogP contribution in [-0.2, 0) is 11.3 Å². The summed E-state index contributed by atoms with van der Waals surface area (Å²) in [7, 11) is 0. The summed E-state index contributed by atoms with van der Waals surface area (Å²) in [6.07, 6.45) is 0. The van der Waals surface area contributed by atoms with Gasteiger partial charge in [0.1, 0.15) is 17.4 Å². The number of fused-ring (bicyclic) bond motifs is 6. The molecule has 4 atom stereocenters. The predicted molar refractivity (Wildman–Crippen MR) is 223 cm³/mol. The maximum Gasteiger partial charge on any atom is 3.00 e. The molecule has 6 aromatic carbocycles. The van der Waals surface area contributed by atoms with Crippen LogP contribution in [0.5, 0.6) is 0 Å². The van der Waals surface area contributed by atoms with Gasteiger partial charge in [-0.15, -0.1) is 0 Å². The largest absolute Gasteiger partial charge is 3.00 e. The van der Waals surface area contributed by atoms with Gasteiger partial charge in [-0.1, -0.05) is 151 Å². The van der Waals surface area contributed by atoms with Gasteiger partial charge >= 0.3 is 39.9 Å². The minimum absolute atomic E-state index is 0. The molecule has 12 heteroatoms. The van der Waals surface area contributed by atoms with Crippen LogP contribution in [0, 0.1) is 39.9 Å². The van der Waals surface area contributed by atoms with E-state index in [9.17, 15) is 0 Å². The molecule has 0 saturated heterocycles. The third kappa shape index (κ3) is 4.45. The molecule has 11 nitrogen and oxygen atoms in total. The summed E-state index contributed by atoms with van der Waals surface area (Å²) in [6.45, 7) is 0. The molecule has 15 rings (SSSR count). The van der Waals surface area contributed by atoms with E-state index >= 15 is 0 Å². The Hall–Kier alpha value is -6.60. The standard InChI is InChI=1S/C48H26N11.Gd/c1-3-15-27-25(13-1)37-47-35-23-11-9-21-33(35)45(58-47)54-42-30-18-6-8-20-32(30)44(53-42)57-48(38-26-14-2-4-16-28(26)40(50-38)51-39(27)49-37)36-24-12-10-22-34(36)46(59-48)55-41-29-17-5-7-19-31(29)43(52-41)56-47;/h1-24,37-38H;/q-3;+3. The Morgan fingerprint density at radius 2 is 0.867 bits per heavy atom. The summed E-state index contributed by atoms with van der Waals surface area (Å²) in [4.78, 5) is 54.6. The van der Waals surface area contributed by atoms with Crippen molar-refractivity contribution in [3.63, 3.8) is 0 Å². The van der Waals surface area contributed by atoms with Crippen LogP contribution in [-0.4, -0.2) is 23.3 Å². The Labute approximate surface area is 372 Å². The molecule has 0 fully saturated rings. The van der Waals surface area contributed by atoms with Crippen LogP contribution >= 0.6 is 0 Å².